The molecule has 146 valence electrons. The molecule has 0 aromatic carbocycles. The second-order valence-electron chi connectivity index (χ2n) is 5.47. The predicted molar refractivity (Wildman–Crippen MR) is 91.3 cm³/mol. The topological polar surface area (TPSA) is 88.2 Å². The lowest BCUT2D eigenvalue weighted by atomic mass is 10.1. The Hall–Kier alpha value is -2.62. The highest BCUT2D eigenvalue weighted by molar-refractivity contribution is 6.32. The fourth-order valence-electron chi connectivity index (χ4n) is 2.39. The Bertz CT molecular complexity index is 783. The minimum atomic E-state index is -4.71. The molecular weight excluding hydrogens is 389 g/mol. The molecular formula is C16H16ClF3N4O3. The molecule has 2 rings (SSSR count). The van der Waals surface area contributed by atoms with Gasteiger partial charge in [-0.1, -0.05) is 11.6 Å². The summed E-state index contributed by atoms with van der Waals surface area (Å²) in [5.74, 6) is -1.53. The number of anilines is 1. The Kier molecular flexibility index (Phi) is 6.78. The zero-order valence-electron chi connectivity index (χ0n) is 14.2. The smallest absolute Gasteiger partial charge is 0.399 e. The van der Waals surface area contributed by atoms with Gasteiger partial charge >= 0.3 is 12.1 Å². The van der Waals surface area contributed by atoms with Gasteiger partial charge in [-0.25, -0.2) is 0 Å². The average Bonchev–Trinajstić information content (AvgIpc) is 2.99. The van der Waals surface area contributed by atoms with E-state index >= 15 is 0 Å². The van der Waals surface area contributed by atoms with Crippen LogP contribution in [-0.4, -0.2) is 52.8 Å². The third-order valence-corrected chi connectivity index (χ3v) is 3.77. The molecule has 0 aliphatic carbocycles. The number of pyridine rings is 1. The number of carbonyl (C=O) groups is 2. The molecule has 27 heavy (non-hydrogen) atoms. The van der Waals surface area contributed by atoms with Crippen molar-refractivity contribution in [1.82, 2.24) is 15.2 Å². The van der Waals surface area contributed by atoms with E-state index in [1.165, 1.54) is 0 Å². The van der Waals surface area contributed by atoms with Gasteiger partial charge in [0, 0.05) is 24.5 Å². The molecule has 0 fully saturated rings. The monoisotopic (exact) mass is 404 g/mol. The quantitative estimate of drug-likeness (QED) is 0.537. The Balaban J connectivity index is 2.20. The summed E-state index contributed by atoms with van der Waals surface area (Å²) in [6.45, 7) is 1.89. The van der Waals surface area contributed by atoms with Crippen molar-refractivity contribution in [2.24, 2.45) is 0 Å². The van der Waals surface area contributed by atoms with Crippen LogP contribution in [0.2, 0.25) is 5.15 Å². The highest BCUT2D eigenvalue weighted by Gasteiger charge is 2.33. The van der Waals surface area contributed by atoms with Crippen LogP contribution in [0, 0.1) is 0 Å². The molecule has 0 spiro atoms. The van der Waals surface area contributed by atoms with Crippen LogP contribution in [-0.2, 0) is 14.3 Å². The Morgan fingerprint density at radius 3 is 2.78 bits per heavy atom. The van der Waals surface area contributed by atoms with Crippen molar-refractivity contribution in [2.45, 2.75) is 25.6 Å². The molecule has 2 aromatic rings. The standard InChI is InChI=1S/C16H16ClF3N4O3/c1-2-24(8-11(9-25)27-12(26)6-16(18,19)20)14-13(22-23-15(14)17)10-4-3-5-21-7-10/h3-5,7,9,11H,2,6,8H2,1H3,(H,22,23). The van der Waals surface area contributed by atoms with Crippen molar-refractivity contribution < 1.29 is 27.5 Å². The number of esters is 1. The van der Waals surface area contributed by atoms with Gasteiger partial charge in [0.05, 0.1) is 6.54 Å². The summed E-state index contributed by atoms with van der Waals surface area (Å²) < 4.78 is 41.4. The average molecular weight is 405 g/mol. The van der Waals surface area contributed by atoms with E-state index in [2.05, 4.69) is 19.9 Å². The molecule has 1 atom stereocenters. The lowest BCUT2D eigenvalue weighted by molar-refractivity contribution is -0.175. The van der Waals surface area contributed by atoms with Crippen molar-refractivity contribution in [3.8, 4) is 11.3 Å². The van der Waals surface area contributed by atoms with Crippen LogP contribution in [0.25, 0.3) is 11.3 Å². The first-order valence-corrected chi connectivity index (χ1v) is 8.23. The van der Waals surface area contributed by atoms with E-state index in [1.807, 2.05) is 0 Å². The van der Waals surface area contributed by atoms with Crippen LogP contribution in [0.4, 0.5) is 18.9 Å². The number of rotatable bonds is 8. The number of aldehydes is 1. The maximum absolute atomic E-state index is 12.3. The molecule has 11 heteroatoms. The number of hydrogen-bond acceptors (Lipinski definition) is 6. The van der Waals surface area contributed by atoms with E-state index in [-0.39, 0.29) is 18.0 Å². The molecule has 1 unspecified atom stereocenters. The van der Waals surface area contributed by atoms with Gasteiger partial charge in [0.15, 0.2) is 12.4 Å². The fraction of sp³-hybridized carbons (Fsp3) is 0.375. The van der Waals surface area contributed by atoms with Crippen LogP contribution in [0.3, 0.4) is 0 Å². The lowest BCUT2D eigenvalue weighted by Gasteiger charge is -2.26. The predicted octanol–water partition coefficient (Wildman–Crippen LogP) is 3.01. The summed E-state index contributed by atoms with van der Waals surface area (Å²) in [6, 6.07) is 3.45. The van der Waals surface area contributed by atoms with E-state index in [9.17, 15) is 22.8 Å². The normalized spacial score (nSPS) is 12.5. The first-order valence-electron chi connectivity index (χ1n) is 7.86. The van der Waals surface area contributed by atoms with Crippen LogP contribution < -0.4 is 4.90 Å². The highest BCUT2D eigenvalue weighted by atomic mass is 35.5. The summed E-state index contributed by atoms with van der Waals surface area (Å²) in [6.07, 6.45) is -4.46. The Morgan fingerprint density at radius 2 is 2.22 bits per heavy atom. The Morgan fingerprint density at radius 1 is 1.48 bits per heavy atom. The number of ether oxygens (including phenoxy) is 1. The summed E-state index contributed by atoms with van der Waals surface area (Å²) in [7, 11) is 0. The number of likely N-dealkylation sites (N-methyl/N-ethyl adjacent to an activating group) is 1. The van der Waals surface area contributed by atoms with Crippen LogP contribution in [0.5, 0.6) is 0 Å². The molecule has 0 saturated carbocycles. The van der Waals surface area contributed by atoms with E-state index in [0.717, 1.165) is 0 Å². The molecule has 0 saturated heterocycles. The molecule has 0 bridgehead atoms. The van der Waals surface area contributed by atoms with Crippen LogP contribution >= 0.6 is 11.6 Å². The number of nitrogens with one attached hydrogen (secondary N) is 1. The van der Waals surface area contributed by atoms with E-state index in [0.29, 0.717) is 23.5 Å². The maximum Gasteiger partial charge on any atom is 0.399 e. The minimum Gasteiger partial charge on any atom is -0.452 e. The number of H-pyrrole nitrogens is 1. The van der Waals surface area contributed by atoms with Gasteiger partial charge in [0.25, 0.3) is 0 Å². The van der Waals surface area contributed by atoms with Gasteiger partial charge in [-0.3, -0.25) is 19.7 Å². The van der Waals surface area contributed by atoms with Crippen molar-refractivity contribution in [3.05, 3.63) is 29.7 Å². The molecule has 0 radical (unpaired) electrons. The highest BCUT2D eigenvalue weighted by Crippen LogP contribution is 2.34. The largest absolute Gasteiger partial charge is 0.452 e. The van der Waals surface area contributed by atoms with Crippen LogP contribution in [0.1, 0.15) is 13.3 Å². The molecule has 2 heterocycles. The van der Waals surface area contributed by atoms with E-state index < -0.39 is 24.7 Å². The van der Waals surface area contributed by atoms with Gasteiger partial charge < -0.3 is 9.64 Å². The molecule has 0 aliphatic rings. The SMILES string of the molecule is CCN(CC(C=O)OC(=O)CC(F)(F)F)c1c(-c2cccnc2)n[nH]c1Cl. The van der Waals surface area contributed by atoms with Gasteiger partial charge in [-0.15, -0.1) is 0 Å². The number of aromatic amines is 1. The Labute approximate surface area is 157 Å². The minimum absolute atomic E-state index is 0.168. The number of aromatic nitrogens is 3. The summed E-state index contributed by atoms with van der Waals surface area (Å²) >= 11 is 6.16. The zero-order valence-corrected chi connectivity index (χ0v) is 14.9. The molecule has 0 aliphatic heterocycles. The van der Waals surface area contributed by atoms with Gasteiger partial charge in [-0.2, -0.15) is 18.3 Å². The van der Waals surface area contributed by atoms with Crippen molar-refractivity contribution in [3.63, 3.8) is 0 Å². The van der Waals surface area contributed by atoms with Gasteiger partial charge in [0.1, 0.15) is 23.0 Å². The van der Waals surface area contributed by atoms with Crippen molar-refractivity contribution >= 4 is 29.5 Å². The maximum atomic E-state index is 12.3. The zero-order chi connectivity index (χ0) is 20.0. The summed E-state index contributed by atoms with van der Waals surface area (Å²) in [5, 5.41) is 6.90. The number of carbonyl (C=O) groups excluding carboxylic acids is 2. The second-order valence-corrected chi connectivity index (χ2v) is 5.85. The third-order valence-electron chi connectivity index (χ3n) is 3.51. The molecule has 2 aromatic heterocycles. The first kappa shape index (κ1) is 20.7. The number of halogens is 4. The van der Waals surface area contributed by atoms with E-state index in [1.54, 1.807) is 36.4 Å². The molecule has 0 amide bonds. The summed E-state index contributed by atoms with van der Waals surface area (Å²) in [4.78, 5) is 28.2. The lowest BCUT2D eigenvalue weighted by Crippen LogP contribution is -2.37. The van der Waals surface area contributed by atoms with Gasteiger partial charge in [-0.05, 0) is 19.1 Å². The second kappa shape index (κ2) is 8.85. The van der Waals surface area contributed by atoms with E-state index in [4.69, 9.17) is 11.6 Å². The van der Waals surface area contributed by atoms with Gasteiger partial charge in [0.2, 0.25) is 0 Å². The van der Waals surface area contributed by atoms with Crippen LogP contribution in [0.15, 0.2) is 24.5 Å². The number of hydrogen-bond donors (Lipinski definition) is 1. The summed E-state index contributed by atoms with van der Waals surface area (Å²) in [5.41, 5.74) is 1.51. The fourth-order valence-corrected chi connectivity index (χ4v) is 2.64. The van der Waals surface area contributed by atoms with Crippen molar-refractivity contribution in [2.75, 3.05) is 18.0 Å². The number of alkyl halides is 3. The third kappa shape index (κ3) is 5.68. The number of nitrogens with zero attached hydrogens (tertiary/aromatic N) is 3. The molecule has 1 N–H and O–H groups in total. The molecule has 7 nitrogen and oxygen atoms in total. The first-order chi connectivity index (χ1) is 12.7. The van der Waals surface area contributed by atoms with Crippen molar-refractivity contribution in [1.29, 1.82) is 0 Å².